The molecule has 0 aliphatic carbocycles. The number of hydrogen-bond donors (Lipinski definition) is 3. The Bertz CT molecular complexity index is 1420. The number of benzene rings is 2. The van der Waals surface area contributed by atoms with E-state index in [1.807, 2.05) is 0 Å². The van der Waals surface area contributed by atoms with Crippen molar-refractivity contribution in [3.63, 3.8) is 0 Å². The number of aliphatic imine (C=N–C) groups is 1. The average Bonchev–Trinajstić information content (AvgIpc) is 3.25. The van der Waals surface area contributed by atoms with Crippen LogP contribution in [0.1, 0.15) is 69.8 Å². The molecule has 0 bridgehead atoms. The van der Waals surface area contributed by atoms with Crippen molar-refractivity contribution < 1.29 is 42.5 Å². The molecule has 1 heterocycles. The molecule has 1 aliphatic heterocycles. The first-order valence-electron chi connectivity index (χ1n) is 13.5. The van der Waals surface area contributed by atoms with E-state index in [1.165, 1.54) is 30.3 Å². The molecule has 1 amide bonds. The minimum Gasteiger partial charge on any atom is -0.492 e. The number of hydrogen-bond acceptors (Lipinski definition) is 9. The highest BCUT2D eigenvalue weighted by Crippen LogP contribution is 2.45. The first kappa shape index (κ1) is 32.8. The Balaban J connectivity index is 1.91. The number of carbonyl (C=O) groups excluding carboxylic acids is 4. The first-order chi connectivity index (χ1) is 19.8. The van der Waals surface area contributed by atoms with Gasteiger partial charge >= 0.3 is 17.9 Å². The maximum Gasteiger partial charge on any atom is 0.343 e. The number of rotatable bonds is 9. The maximum atomic E-state index is 15.6. The molecule has 43 heavy (non-hydrogen) atoms. The minimum absolute atomic E-state index is 0.0117. The number of primary amides is 1. The van der Waals surface area contributed by atoms with E-state index in [1.54, 1.807) is 41.5 Å². The molecule has 2 aromatic rings. The number of guanidine groups is 1. The highest BCUT2D eigenvalue weighted by Gasteiger charge is 2.47. The fraction of sp³-hybridized carbons (Fsp3) is 0.433. The van der Waals surface area contributed by atoms with E-state index in [-0.39, 0.29) is 35.2 Å². The van der Waals surface area contributed by atoms with E-state index in [2.05, 4.69) is 4.99 Å². The van der Waals surface area contributed by atoms with Crippen molar-refractivity contribution in [2.75, 3.05) is 6.61 Å². The van der Waals surface area contributed by atoms with Crippen LogP contribution in [-0.4, -0.2) is 47.6 Å². The normalized spacial score (nSPS) is 15.7. The summed E-state index contributed by atoms with van der Waals surface area (Å²) >= 11 is 0. The lowest BCUT2D eigenvalue weighted by Gasteiger charge is -2.30. The summed E-state index contributed by atoms with van der Waals surface area (Å²) in [5, 5.41) is 0. The summed E-state index contributed by atoms with van der Waals surface area (Å²) in [5.74, 6) is -8.41. The summed E-state index contributed by atoms with van der Waals surface area (Å²) in [5.41, 5.74) is 15.1. The number of nitrogens with zero attached hydrogens (tertiary/aromatic N) is 1. The molecular formula is C30H37FN4O8. The second-order valence-electron chi connectivity index (χ2n) is 12.1. The van der Waals surface area contributed by atoms with Gasteiger partial charge in [0.15, 0.2) is 5.96 Å². The molecule has 6 N–H and O–H groups in total. The Kier molecular flexibility index (Phi) is 9.68. The summed E-state index contributed by atoms with van der Waals surface area (Å²) in [6.07, 6.45) is -0.537. The fourth-order valence-electron chi connectivity index (χ4n) is 4.61. The van der Waals surface area contributed by atoms with Gasteiger partial charge in [-0.1, -0.05) is 0 Å². The van der Waals surface area contributed by atoms with Gasteiger partial charge in [0.25, 0.3) is 0 Å². The van der Waals surface area contributed by atoms with Crippen LogP contribution < -0.4 is 26.7 Å². The predicted molar refractivity (Wildman–Crippen MR) is 154 cm³/mol. The van der Waals surface area contributed by atoms with Crippen LogP contribution in [0.5, 0.6) is 11.5 Å². The standard InChI is InChI=1S/C30H37FN4O8/c1-29(2,3)42-22(36)13-18(27(39)43-30(4,5)6)23(25(32)37)19-14-40-21-12-17(11-20(31)24(19)21)41-26(38)15-7-9-16(10-8-15)35-28(33)34/h7-12,18-19,23H,13-14H2,1-6H3,(H2,32,37)(H4,33,34,35)/t18-,19?,23?/m0/s1. The third kappa shape index (κ3) is 8.90. The van der Waals surface area contributed by atoms with Gasteiger partial charge in [0.1, 0.15) is 28.5 Å². The van der Waals surface area contributed by atoms with Crippen LogP contribution in [0.3, 0.4) is 0 Å². The number of amides is 1. The zero-order valence-corrected chi connectivity index (χ0v) is 24.9. The predicted octanol–water partition coefficient (Wildman–Crippen LogP) is 3.22. The van der Waals surface area contributed by atoms with Gasteiger partial charge in [-0.2, -0.15) is 0 Å². The molecule has 0 saturated heterocycles. The first-order valence-corrected chi connectivity index (χ1v) is 13.5. The lowest BCUT2D eigenvalue weighted by Crippen LogP contribution is -2.43. The summed E-state index contributed by atoms with van der Waals surface area (Å²) in [6, 6.07) is 8.10. The highest BCUT2D eigenvalue weighted by molar-refractivity contribution is 5.92. The van der Waals surface area contributed by atoms with Crippen LogP contribution in [-0.2, 0) is 23.9 Å². The Morgan fingerprint density at radius 1 is 0.977 bits per heavy atom. The number of fused-ring (bicyclic) bond motifs is 1. The van der Waals surface area contributed by atoms with E-state index in [9.17, 15) is 19.2 Å². The molecule has 2 unspecified atom stereocenters. The van der Waals surface area contributed by atoms with Gasteiger partial charge in [-0.25, -0.2) is 14.2 Å². The molecule has 13 heteroatoms. The fourth-order valence-corrected chi connectivity index (χ4v) is 4.61. The molecule has 0 radical (unpaired) electrons. The molecule has 0 saturated carbocycles. The Morgan fingerprint density at radius 2 is 1.58 bits per heavy atom. The molecule has 232 valence electrons. The second-order valence-corrected chi connectivity index (χ2v) is 12.1. The van der Waals surface area contributed by atoms with Crippen LogP contribution in [0.25, 0.3) is 0 Å². The van der Waals surface area contributed by atoms with Crippen molar-refractivity contribution >= 4 is 35.5 Å². The molecule has 0 aromatic heterocycles. The molecule has 12 nitrogen and oxygen atoms in total. The third-order valence-electron chi connectivity index (χ3n) is 6.14. The van der Waals surface area contributed by atoms with Crippen molar-refractivity contribution in [2.24, 2.45) is 34.0 Å². The van der Waals surface area contributed by atoms with E-state index >= 15 is 4.39 Å². The van der Waals surface area contributed by atoms with Crippen LogP contribution in [0.2, 0.25) is 0 Å². The lowest BCUT2D eigenvalue weighted by molar-refractivity contribution is -0.170. The third-order valence-corrected chi connectivity index (χ3v) is 6.14. The van der Waals surface area contributed by atoms with Crippen molar-refractivity contribution in [3.05, 3.63) is 53.3 Å². The van der Waals surface area contributed by atoms with E-state index in [0.717, 1.165) is 6.07 Å². The minimum atomic E-state index is -1.40. The van der Waals surface area contributed by atoms with Gasteiger partial charge in [-0.05, 0) is 65.8 Å². The molecule has 1 aliphatic rings. The molecule has 0 spiro atoms. The van der Waals surface area contributed by atoms with E-state index in [4.69, 9.17) is 36.1 Å². The molecule has 0 fully saturated rings. The average molecular weight is 601 g/mol. The molecule has 2 aromatic carbocycles. The van der Waals surface area contributed by atoms with Gasteiger partial charge in [0.05, 0.1) is 36.1 Å². The van der Waals surface area contributed by atoms with Crippen molar-refractivity contribution in [2.45, 2.75) is 65.1 Å². The summed E-state index contributed by atoms with van der Waals surface area (Å²) in [7, 11) is 0. The number of ether oxygens (including phenoxy) is 4. The van der Waals surface area contributed by atoms with Crippen LogP contribution in [0.15, 0.2) is 41.4 Å². The van der Waals surface area contributed by atoms with Gasteiger partial charge in [-0.15, -0.1) is 0 Å². The van der Waals surface area contributed by atoms with Gasteiger partial charge in [0, 0.05) is 23.6 Å². The quantitative estimate of drug-likeness (QED) is 0.166. The van der Waals surface area contributed by atoms with Crippen molar-refractivity contribution in [1.82, 2.24) is 0 Å². The molecule has 3 rings (SSSR count). The van der Waals surface area contributed by atoms with Crippen molar-refractivity contribution in [1.29, 1.82) is 0 Å². The van der Waals surface area contributed by atoms with Crippen LogP contribution >= 0.6 is 0 Å². The van der Waals surface area contributed by atoms with Gasteiger partial charge < -0.3 is 36.1 Å². The zero-order valence-electron chi connectivity index (χ0n) is 24.9. The maximum absolute atomic E-state index is 15.6. The topological polar surface area (TPSA) is 196 Å². The van der Waals surface area contributed by atoms with Crippen LogP contribution in [0.4, 0.5) is 10.1 Å². The zero-order chi connectivity index (χ0) is 32.3. The van der Waals surface area contributed by atoms with Gasteiger partial charge in [0.2, 0.25) is 5.91 Å². The summed E-state index contributed by atoms with van der Waals surface area (Å²) < 4.78 is 37.5. The largest absolute Gasteiger partial charge is 0.492 e. The molecular weight excluding hydrogens is 563 g/mol. The Morgan fingerprint density at radius 3 is 2.12 bits per heavy atom. The number of halogens is 1. The Hall–Kier alpha value is -4.68. The lowest BCUT2D eigenvalue weighted by atomic mass is 9.76. The molecule has 3 atom stereocenters. The second kappa shape index (κ2) is 12.7. The van der Waals surface area contributed by atoms with Crippen molar-refractivity contribution in [3.8, 4) is 11.5 Å². The number of esters is 3. The van der Waals surface area contributed by atoms with Gasteiger partial charge in [-0.3, -0.25) is 14.4 Å². The van der Waals surface area contributed by atoms with E-state index < -0.39 is 65.0 Å². The summed E-state index contributed by atoms with van der Waals surface area (Å²) in [6.45, 7) is 9.61. The smallest absolute Gasteiger partial charge is 0.343 e. The monoisotopic (exact) mass is 600 g/mol. The SMILES string of the molecule is CC(C)(C)OC(=O)C[C@H](C(=O)OC(C)(C)C)C(C(N)=O)C1COc2cc(OC(=O)c3ccc(N=C(N)N)cc3)cc(F)c21. The summed E-state index contributed by atoms with van der Waals surface area (Å²) in [4.78, 5) is 55.4. The number of nitrogens with two attached hydrogens (primary N) is 3. The van der Waals surface area contributed by atoms with E-state index in [0.29, 0.717) is 5.69 Å². The number of carbonyl (C=O) groups is 4. The van der Waals surface area contributed by atoms with Crippen LogP contribution in [0, 0.1) is 17.7 Å². The Labute approximate surface area is 248 Å². The highest BCUT2D eigenvalue weighted by atomic mass is 19.1.